The molecule has 0 aliphatic carbocycles. The molecular weight excluding hydrogens is 296 g/mol. The average Bonchev–Trinajstić information content (AvgIpc) is 2.66. The highest BCUT2D eigenvalue weighted by Crippen LogP contribution is 2.26. The molecule has 0 spiro atoms. The second-order valence-corrected chi connectivity index (χ2v) is 5.78. The maximum atomic E-state index is 12.1. The van der Waals surface area contributed by atoms with E-state index in [1.165, 1.54) is 21.5 Å². The first-order valence-electron chi connectivity index (χ1n) is 7.94. The second kappa shape index (κ2) is 6.17. The number of ether oxygens (including phenoxy) is 1. The first kappa shape index (κ1) is 14.5. The lowest BCUT2D eigenvalue weighted by Gasteiger charge is -2.08. The molecule has 0 amide bonds. The lowest BCUT2D eigenvalue weighted by atomic mass is 10.0. The van der Waals surface area contributed by atoms with Crippen LogP contribution in [-0.2, 0) is 11.3 Å². The van der Waals surface area contributed by atoms with Crippen molar-refractivity contribution in [2.24, 2.45) is 0 Å². The van der Waals surface area contributed by atoms with Crippen LogP contribution in [0.15, 0.2) is 84.9 Å². The molecule has 24 heavy (non-hydrogen) atoms. The molecule has 4 aromatic rings. The van der Waals surface area contributed by atoms with Crippen molar-refractivity contribution >= 4 is 27.5 Å². The van der Waals surface area contributed by atoms with Crippen LogP contribution in [0, 0.1) is 0 Å². The van der Waals surface area contributed by atoms with Crippen LogP contribution < -0.4 is 0 Å². The van der Waals surface area contributed by atoms with Gasteiger partial charge < -0.3 is 4.74 Å². The van der Waals surface area contributed by atoms with Crippen molar-refractivity contribution in [2.75, 3.05) is 0 Å². The van der Waals surface area contributed by atoms with Gasteiger partial charge in [0.05, 0.1) is 5.56 Å². The molecule has 4 rings (SSSR count). The molecule has 0 N–H and O–H groups in total. The first-order chi connectivity index (χ1) is 11.8. The highest BCUT2D eigenvalue weighted by atomic mass is 16.5. The van der Waals surface area contributed by atoms with Crippen molar-refractivity contribution in [3.05, 3.63) is 96.1 Å². The van der Waals surface area contributed by atoms with Crippen LogP contribution >= 0.6 is 0 Å². The minimum atomic E-state index is -0.298. The summed E-state index contributed by atoms with van der Waals surface area (Å²) in [6, 6.07) is 27.8. The van der Waals surface area contributed by atoms with E-state index in [1.807, 2.05) is 36.4 Å². The molecule has 116 valence electrons. The zero-order valence-electron chi connectivity index (χ0n) is 13.1. The summed E-state index contributed by atoms with van der Waals surface area (Å²) < 4.78 is 5.44. The largest absolute Gasteiger partial charge is 0.457 e. The fourth-order valence-corrected chi connectivity index (χ4v) is 2.95. The zero-order valence-corrected chi connectivity index (χ0v) is 13.1. The molecule has 0 fully saturated rings. The Bertz CT molecular complexity index is 1020. The SMILES string of the molecule is O=C(OCc1ccc2ccc3ccccc3c2c1)c1ccccc1. The van der Waals surface area contributed by atoms with Gasteiger partial charge in [0.25, 0.3) is 0 Å². The Labute approximate surface area is 140 Å². The fourth-order valence-electron chi connectivity index (χ4n) is 2.95. The van der Waals surface area contributed by atoms with Crippen molar-refractivity contribution in [1.29, 1.82) is 0 Å². The average molecular weight is 312 g/mol. The Kier molecular flexibility index (Phi) is 3.72. The molecule has 0 bridgehead atoms. The van der Waals surface area contributed by atoms with Gasteiger partial charge in [-0.1, -0.05) is 66.7 Å². The monoisotopic (exact) mass is 312 g/mol. The molecule has 0 aliphatic rings. The van der Waals surface area contributed by atoms with E-state index in [4.69, 9.17) is 4.74 Å². The summed E-state index contributed by atoms with van der Waals surface area (Å²) in [5, 5.41) is 4.79. The Morgan fingerprint density at radius 2 is 1.38 bits per heavy atom. The summed E-state index contributed by atoms with van der Waals surface area (Å²) in [6.45, 7) is 0.271. The van der Waals surface area contributed by atoms with Crippen LogP contribution in [0.25, 0.3) is 21.5 Å². The highest BCUT2D eigenvalue weighted by molar-refractivity contribution is 6.07. The number of rotatable bonds is 3. The first-order valence-corrected chi connectivity index (χ1v) is 7.94. The number of fused-ring (bicyclic) bond motifs is 3. The Hall–Kier alpha value is -3.13. The third-order valence-corrected chi connectivity index (χ3v) is 4.19. The molecule has 2 heteroatoms. The van der Waals surface area contributed by atoms with Crippen LogP contribution in [0.4, 0.5) is 0 Å². The predicted molar refractivity (Wildman–Crippen MR) is 97.0 cm³/mol. The van der Waals surface area contributed by atoms with E-state index in [0.717, 1.165) is 5.56 Å². The van der Waals surface area contributed by atoms with Crippen LogP contribution in [0.1, 0.15) is 15.9 Å². The number of carbonyl (C=O) groups excluding carboxylic acids is 1. The van der Waals surface area contributed by atoms with E-state index in [9.17, 15) is 4.79 Å². The third-order valence-electron chi connectivity index (χ3n) is 4.19. The van der Waals surface area contributed by atoms with Crippen molar-refractivity contribution in [3.8, 4) is 0 Å². The summed E-state index contributed by atoms with van der Waals surface area (Å²) in [5.74, 6) is -0.298. The van der Waals surface area contributed by atoms with E-state index in [-0.39, 0.29) is 12.6 Å². The topological polar surface area (TPSA) is 26.3 Å². The lowest BCUT2D eigenvalue weighted by molar-refractivity contribution is 0.0473. The van der Waals surface area contributed by atoms with Gasteiger partial charge in [-0.25, -0.2) is 4.79 Å². The van der Waals surface area contributed by atoms with Gasteiger partial charge >= 0.3 is 5.97 Å². The van der Waals surface area contributed by atoms with Crippen LogP contribution in [0.2, 0.25) is 0 Å². The number of carbonyl (C=O) groups is 1. The van der Waals surface area contributed by atoms with Crippen molar-refractivity contribution in [1.82, 2.24) is 0 Å². The summed E-state index contributed by atoms with van der Waals surface area (Å²) >= 11 is 0. The van der Waals surface area contributed by atoms with Crippen LogP contribution in [0.3, 0.4) is 0 Å². The molecule has 0 aliphatic heterocycles. The molecule has 0 atom stereocenters. The summed E-state index contributed by atoms with van der Waals surface area (Å²) in [6.07, 6.45) is 0. The van der Waals surface area contributed by atoms with Gasteiger partial charge in [0.1, 0.15) is 6.61 Å². The number of hydrogen-bond acceptors (Lipinski definition) is 2. The van der Waals surface area contributed by atoms with E-state index >= 15 is 0 Å². The Balaban J connectivity index is 1.63. The maximum absolute atomic E-state index is 12.1. The molecule has 0 saturated carbocycles. The molecule has 0 heterocycles. The molecule has 0 saturated heterocycles. The van der Waals surface area contributed by atoms with Crippen molar-refractivity contribution in [2.45, 2.75) is 6.61 Å². The maximum Gasteiger partial charge on any atom is 0.338 e. The minimum Gasteiger partial charge on any atom is -0.457 e. The van der Waals surface area contributed by atoms with E-state index in [1.54, 1.807) is 12.1 Å². The summed E-state index contributed by atoms with van der Waals surface area (Å²) in [7, 11) is 0. The molecule has 0 aromatic heterocycles. The molecular formula is C22H16O2. The van der Waals surface area contributed by atoms with Gasteiger partial charge in [-0.15, -0.1) is 0 Å². The number of esters is 1. The molecule has 4 aromatic carbocycles. The van der Waals surface area contributed by atoms with E-state index in [2.05, 4.69) is 36.4 Å². The molecule has 2 nitrogen and oxygen atoms in total. The minimum absolute atomic E-state index is 0.271. The van der Waals surface area contributed by atoms with Crippen molar-refractivity contribution < 1.29 is 9.53 Å². The molecule has 0 unspecified atom stereocenters. The normalized spacial score (nSPS) is 10.8. The van der Waals surface area contributed by atoms with E-state index < -0.39 is 0 Å². The van der Waals surface area contributed by atoms with Gasteiger partial charge in [0.15, 0.2) is 0 Å². The quantitative estimate of drug-likeness (QED) is 0.376. The summed E-state index contributed by atoms with van der Waals surface area (Å²) in [5.41, 5.74) is 1.56. The standard InChI is InChI=1S/C22H16O2/c23-22(19-7-2-1-3-8-19)24-15-16-10-11-18-13-12-17-6-4-5-9-20(17)21(18)14-16/h1-14H,15H2. The van der Waals surface area contributed by atoms with Crippen molar-refractivity contribution in [3.63, 3.8) is 0 Å². The van der Waals surface area contributed by atoms with Gasteiger partial charge in [0, 0.05) is 0 Å². The number of hydrogen-bond donors (Lipinski definition) is 0. The third kappa shape index (κ3) is 2.74. The van der Waals surface area contributed by atoms with Crippen LogP contribution in [0.5, 0.6) is 0 Å². The fraction of sp³-hybridized carbons (Fsp3) is 0.0455. The molecule has 0 radical (unpaired) electrons. The Morgan fingerprint density at radius 1 is 0.708 bits per heavy atom. The second-order valence-electron chi connectivity index (χ2n) is 5.78. The summed E-state index contributed by atoms with van der Waals surface area (Å²) in [4.78, 5) is 12.1. The number of benzene rings is 4. The van der Waals surface area contributed by atoms with Gasteiger partial charge in [-0.2, -0.15) is 0 Å². The zero-order chi connectivity index (χ0) is 16.4. The lowest BCUT2D eigenvalue weighted by Crippen LogP contribution is -2.04. The van der Waals surface area contributed by atoms with Gasteiger partial charge in [0.2, 0.25) is 0 Å². The predicted octanol–water partition coefficient (Wildman–Crippen LogP) is 5.35. The van der Waals surface area contributed by atoms with Gasteiger partial charge in [-0.05, 0) is 45.3 Å². The highest BCUT2D eigenvalue weighted by Gasteiger charge is 2.07. The Morgan fingerprint density at radius 3 is 2.21 bits per heavy atom. The van der Waals surface area contributed by atoms with Gasteiger partial charge in [-0.3, -0.25) is 0 Å². The van der Waals surface area contributed by atoms with E-state index in [0.29, 0.717) is 5.56 Å². The van der Waals surface area contributed by atoms with Crippen LogP contribution in [-0.4, -0.2) is 5.97 Å². The smallest absolute Gasteiger partial charge is 0.338 e.